The molecule has 0 aliphatic carbocycles. The lowest BCUT2D eigenvalue weighted by atomic mass is 9.95. The van der Waals surface area contributed by atoms with Gasteiger partial charge in [0, 0.05) is 38.5 Å². The van der Waals surface area contributed by atoms with E-state index in [1.54, 1.807) is 0 Å². The minimum absolute atomic E-state index is 1.14. The molecule has 0 aliphatic rings. The van der Waals surface area contributed by atoms with Crippen molar-refractivity contribution in [2.75, 3.05) is 0 Å². The summed E-state index contributed by atoms with van der Waals surface area (Å²) in [5.74, 6) is 0. The molecule has 0 radical (unpaired) electrons. The molecule has 2 nitrogen and oxygen atoms in total. The first-order valence-corrected chi connectivity index (χ1v) is 15.1. The summed E-state index contributed by atoms with van der Waals surface area (Å²) in [7, 11) is 0. The van der Waals surface area contributed by atoms with Gasteiger partial charge in [-0.3, -0.25) is 0 Å². The topological polar surface area (TPSA) is 9.86 Å². The first-order valence-electron chi connectivity index (χ1n) is 15.1. The number of aromatic nitrogens is 2. The third-order valence-electron chi connectivity index (χ3n) is 8.91. The standard InChI is InChI=1S/C42H28N2/c1-3-13-29(14-4-1)31-27-37(30-15-5-2-6-16-30)42-38(28-31)36-19-9-12-22-41(36)44(42)33-25-23-32(24-26-33)43-39-20-10-7-17-34(39)35-18-8-11-21-40(35)43/h1-28H. The minimum atomic E-state index is 1.14. The van der Waals surface area contributed by atoms with Crippen molar-refractivity contribution in [2.45, 2.75) is 0 Å². The van der Waals surface area contributed by atoms with Crippen LogP contribution in [0.2, 0.25) is 0 Å². The van der Waals surface area contributed by atoms with Gasteiger partial charge in [-0.25, -0.2) is 0 Å². The molecule has 0 saturated heterocycles. The molecule has 2 heterocycles. The van der Waals surface area contributed by atoms with E-state index < -0.39 is 0 Å². The normalized spacial score (nSPS) is 11.6. The van der Waals surface area contributed by atoms with Crippen LogP contribution in [0.4, 0.5) is 0 Å². The first-order chi connectivity index (χ1) is 21.8. The highest BCUT2D eigenvalue weighted by atomic mass is 15.0. The number of hydrogen-bond acceptors (Lipinski definition) is 0. The molecular weight excluding hydrogens is 532 g/mol. The molecule has 9 aromatic rings. The molecule has 0 aliphatic heterocycles. The number of hydrogen-bond donors (Lipinski definition) is 0. The maximum Gasteiger partial charge on any atom is 0.0619 e. The maximum atomic E-state index is 2.44. The Morgan fingerprint density at radius 1 is 0.295 bits per heavy atom. The largest absolute Gasteiger partial charge is 0.309 e. The van der Waals surface area contributed by atoms with Crippen LogP contribution in [-0.4, -0.2) is 9.13 Å². The van der Waals surface area contributed by atoms with Crippen LogP contribution >= 0.6 is 0 Å². The highest BCUT2D eigenvalue weighted by molar-refractivity contribution is 6.15. The van der Waals surface area contributed by atoms with Crippen molar-refractivity contribution in [2.24, 2.45) is 0 Å². The van der Waals surface area contributed by atoms with E-state index in [1.807, 2.05) is 0 Å². The van der Waals surface area contributed by atoms with Gasteiger partial charge in [-0.1, -0.05) is 115 Å². The van der Waals surface area contributed by atoms with Crippen LogP contribution in [0.15, 0.2) is 170 Å². The molecule has 0 saturated carbocycles. The van der Waals surface area contributed by atoms with E-state index in [9.17, 15) is 0 Å². The zero-order chi connectivity index (χ0) is 29.0. The van der Waals surface area contributed by atoms with Gasteiger partial charge < -0.3 is 9.13 Å². The predicted molar refractivity (Wildman–Crippen MR) is 186 cm³/mol. The second-order valence-electron chi connectivity index (χ2n) is 11.4. The van der Waals surface area contributed by atoms with E-state index in [2.05, 4.69) is 179 Å². The summed E-state index contributed by atoms with van der Waals surface area (Å²) in [6.45, 7) is 0. The Balaban J connectivity index is 1.31. The van der Waals surface area contributed by atoms with E-state index in [-0.39, 0.29) is 0 Å². The Bertz CT molecular complexity index is 2410. The summed E-state index contributed by atoms with van der Waals surface area (Å²) in [6, 6.07) is 61.4. The van der Waals surface area contributed by atoms with Crippen LogP contribution < -0.4 is 0 Å². The zero-order valence-electron chi connectivity index (χ0n) is 24.1. The van der Waals surface area contributed by atoms with Gasteiger partial charge in [0.2, 0.25) is 0 Å². The van der Waals surface area contributed by atoms with Gasteiger partial charge >= 0.3 is 0 Å². The molecule has 0 amide bonds. The number of nitrogens with zero attached hydrogens (tertiary/aromatic N) is 2. The first kappa shape index (κ1) is 24.7. The van der Waals surface area contributed by atoms with Gasteiger partial charge in [-0.2, -0.15) is 0 Å². The molecule has 0 atom stereocenters. The molecule has 0 unspecified atom stereocenters. The van der Waals surface area contributed by atoms with Crippen molar-refractivity contribution in [1.29, 1.82) is 0 Å². The van der Waals surface area contributed by atoms with E-state index >= 15 is 0 Å². The van der Waals surface area contributed by atoms with Crippen molar-refractivity contribution in [3.8, 4) is 33.6 Å². The molecule has 2 heteroatoms. The second-order valence-corrected chi connectivity index (χ2v) is 11.4. The van der Waals surface area contributed by atoms with E-state index in [0.717, 1.165) is 11.4 Å². The quantitative estimate of drug-likeness (QED) is 0.203. The molecule has 0 spiro atoms. The molecule has 7 aromatic carbocycles. The van der Waals surface area contributed by atoms with Crippen molar-refractivity contribution in [3.63, 3.8) is 0 Å². The molecule has 9 rings (SSSR count). The summed E-state index contributed by atoms with van der Waals surface area (Å²) >= 11 is 0. The molecule has 44 heavy (non-hydrogen) atoms. The zero-order valence-corrected chi connectivity index (χ0v) is 24.1. The molecule has 0 bridgehead atoms. The highest BCUT2D eigenvalue weighted by Gasteiger charge is 2.19. The van der Waals surface area contributed by atoms with Gasteiger partial charge in [0.1, 0.15) is 0 Å². The lowest BCUT2D eigenvalue weighted by Gasteiger charge is -2.15. The second kappa shape index (κ2) is 9.86. The van der Waals surface area contributed by atoms with E-state index in [4.69, 9.17) is 0 Å². The monoisotopic (exact) mass is 560 g/mol. The Morgan fingerprint density at radius 2 is 0.727 bits per heavy atom. The predicted octanol–water partition coefficient (Wildman–Crippen LogP) is 11.2. The third kappa shape index (κ3) is 3.75. The van der Waals surface area contributed by atoms with Crippen molar-refractivity contribution in [3.05, 3.63) is 170 Å². The van der Waals surface area contributed by atoms with Crippen molar-refractivity contribution >= 4 is 43.6 Å². The maximum absolute atomic E-state index is 2.44. The number of para-hydroxylation sites is 3. The van der Waals surface area contributed by atoms with Crippen LogP contribution in [0.1, 0.15) is 0 Å². The highest BCUT2D eigenvalue weighted by Crippen LogP contribution is 2.41. The molecule has 2 aromatic heterocycles. The summed E-state index contributed by atoms with van der Waals surface area (Å²) in [5.41, 5.74) is 12.0. The Hall–Kier alpha value is -5.86. The summed E-state index contributed by atoms with van der Waals surface area (Å²) in [4.78, 5) is 0. The van der Waals surface area contributed by atoms with Crippen LogP contribution in [0.3, 0.4) is 0 Å². The van der Waals surface area contributed by atoms with Crippen molar-refractivity contribution in [1.82, 2.24) is 9.13 Å². The number of rotatable bonds is 4. The Morgan fingerprint density at radius 3 is 1.30 bits per heavy atom. The van der Waals surface area contributed by atoms with E-state index in [0.29, 0.717) is 0 Å². The minimum Gasteiger partial charge on any atom is -0.309 e. The van der Waals surface area contributed by atoms with Gasteiger partial charge in [0.05, 0.1) is 22.1 Å². The molecular formula is C42H28N2. The fraction of sp³-hybridized carbons (Fsp3) is 0. The summed E-state index contributed by atoms with van der Waals surface area (Å²) in [5, 5.41) is 5.06. The summed E-state index contributed by atoms with van der Waals surface area (Å²) < 4.78 is 4.82. The lowest BCUT2D eigenvalue weighted by molar-refractivity contribution is 1.14. The smallest absolute Gasteiger partial charge is 0.0619 e. The number of benzene rings is 7. The lowest BCUT2D eigenvalue weighted by Crippen LogP contribution is -1.98. The Labute approximate surface area is 255 Å². The Kier molecular flexibility index (Phi) is 5.54. The molecule has 206 valence electrons. The fourth-order valence-corrected chi connectivity index (χ4v) is 6.95. The van der Waals surface area contributed by atoms with Crippen LogP contribution in [0.25, 0.3) is 77.2 Å². The van der Waals surface area contributed by atoms with Crippen LogP contribution in [0.5, 0.6) is 0 Å². The van der Waals surface area contributed by atoms with Gasteiger partial charge in [0.15, 0.2) is 0 Å². The summed E-state index contributed by atoms with van der Waals surface area (Å²) in [6.07, 6.45) is 0. The third-order valence-corrected chi connectivity index (χ3v) is 8.91. The van der Waals surface area contributed by atoms with Gasteiger partial charge in [0.25, 0.3) is 0 Å². The molecule has 0 N–H and O–H groups in total. The van der Waals surface area contributed by atoms with E-state index in [1.165, 1.54) is 65.9 Å². The average molecular weight is 561 g/mol. The van der Waals surface area contributed by atoms with Crippen LogP contribution in [-0.2, 0) is 0 Å². The molecule has 0 fully saturated rings. The number of fused-ring (bicyclic) bond motifs is 6. The average Bonchev–Trinajstić information content (AvgIpc) is 3.62. The van der Waals surface area contributed by atoms with Gasteiger partial charge in [-0.15, -0.1) is 0 Å². The van der Waals surface area contributed by atoms with Crippen LogP contribution in [0, 0.1) is 0 Å². The van der Waals surface area contributed by atoms with Crippen molar-refractivity contribution < 1.29 is 0 Å². The SMILES string of the molecule is c1ccc(-c2cc(-c3ccccc3)c3c(c2)c2ccccc2n3-c2ccc(-n3c4ccccc4c4ccccc43)cc2)cc1. The van der Waals surface area contributed by atoms with Gasteiger partial charge in [-0.05, 0) is 71.3 Å². The fourth-order valence-electron chi connectivity index (χ4n) is 6.95.